The molecule has 0 spiro atoms. The van der Waals surface area contributed by atoms with Crippen LogP contribution in [-0.4, -0.2) is 25.2 Å². The summed E-state index contributed by atoms with van der Waals surface area (Å²) in [5.41, 5.74) is 0.552. The molecule has 0 aromatic heterocycles. The van der Waals surface area contributed by atoms with Crippen molar-refractivity contribution in [2.75, 3.05) is 0 Å². The molecule has 0 aliphatic heterocycles. The number of nitriles is 1. The number of rotatable bonds is 4. The van der Waals surface area contributed by atoms with Gasteiger partial charge in [-0.2, -0.15) is 5.26 Å². The number of nitrogens with zero attached hydrogens (tertiary/aromatic N) is 1. The van der Waals surface area contributed by atoms with Crippen molar-refractivity contribution in [1.82, 2.24) is 4.72 Å². The molecule has 3 rings (SSSR count). The fourth-order valence-electron chi connectivity index (χ4n) is 3.27. The lowest BCUT2D eigenvalue weighted by Crippen LogP contribution is -2.42. The van der Waals surface area contributed by atoms with E-state index in [4.69, 9.17) is 5.26 Å². The normalized spacial score (nSPS) is 23.0. The lowest BCUT2D eigenvalue weighted by Gasteiger charge is -2.33. The van der Waals surface area contributed by atoms with E-state index in [0.717, 1.165) is 6.07 Å². The Bertz CT molecular complexity index is 969. The SMILES string of the molecule is C[C@]1(O)CC[C@@H](NS(=O)(=O)c2ccc(-c3ccc(C#N)cc3)c(F)c2)CC1. The van der Waals surface area contributed by atoms with Gasteiger partial charge in [-0.15, -0.1) is 0 Å². The highest BCUT2D eigenvalue weighted by Gasteiger charge is 2.31. The van der Waals surface area contributed by atoms with Crippen LogP contribution in [0.25, 0.3) is 11.1 Å². The summed E-state index contributed by atoms with van der Waals surface area (Å²) in [5, 5.41) is 18.8. The summed E-state index contributed by atoms with van der Waals surface area (Å²) in [6.07, 6.45) is 2.12. The van der Waals surface area contributed by atoms with E-state index in [0.29, 0.717) is 36.8 Å². The maximum absolute atomic E-state index is 14.5. The standard InChI is InChI=1S/C20H21FN2O3S/c1-20(24)10-8-16(9-11-20)23-27(25,26)17-6-7-18(19(21)12-17)15-4-2-14(13-22)3-5-15/h2-7,12,16,23-24H,8-11H2,1H3/t16-,20+. The van der Waals surface area contributed by atoms with Crippen LogP contribution in [0.3, 0.4) is 0 Å². The van der Waals surface area contributed by atoms with Gasteiger partial charge in [0.1, 0.15) is 5.82 Å². The van der Waals surface area contributed by atoms with E-state index in [1.807, 2.05) is 6.07 Å². The lowest BCUT2D eigenvalue weighted by atomic mass is 9.84. The van der Waals surface area contributed by atoms with Gasteiger partial charge in [0.15, 0.2) is 0 Å². The molecule has 2 N–H and O–H groups in total. The van der Waals surface area contributed by atoms with Crippen molar-refractivity contribution in [2.24, 2.45) is 0 Å². The fourth-order valence-corrected chi connectivity index (χ4v) is 4.58. The Balaban J connectivity index is 1.78. The van der Waals surface area contributed by atoms with Crippen molar-refractivity contribution in [3.63, 3.8) is 0 Å². The number of aliphatic hydroxyl groups is 1. The number of benzene rings is 2. The summed E-state index contributed by atoms with van der Waals surface area (Å²) in [4.78, 5) is -0.130. The second kappa shape index (κ2) is 7.39. The van der Waals surface area contributed by atoms with E-state index in [9.17, 15) is 17.9 Å². The lowest BCUT2D eigenvalue weighted by molar-refractivity contribution is 0.0163. The molecule has 142 valence electrons. The summed E-state index contributed by atoms with van der Waals surface area (Å²) in [6.45, 7) is 1.75. The van der Waals surface area contributed by atoms with Crippen molar-refractivity contribution in [3.05, 3.63) is 53.8 Å². The highest BCUT2D eigenvalue weighted by Crippen LogP contribution is 2.29. The molecule has 2 aromatic carbocycles. The van der Waals surface area contributed by atoms with E-state index < -0.39 is 21.4 Å². The van der Waals surface area contributed by atoms with Crippen molar-refractivity contribution in [2.45, 2.75) is 49.1 Å². The van der Waals surface area contributed by atoms with Gasteiger partial charge in [0.05, 0.1) is 22.1 Å². The van der Waals surface area contributed by atoms with E-state index in [1.165, 1.54) is 12.1 Å². The zero-order valence-corrected chi connectivity index (χ0v) is 15.8. The molecule has 2 aromatic rings. The van der Waals surface area contributed by atoms with Crippen LogP contribution in [0, 0.1) is 17.1 Å². The molecule has 0 amide bonds. The first-order valence-corrected chi connectivity index (χ1v) is 10.2. The minimum atomic E-state index is -3.84. The van der Waals surface area contributed by atoms with Crippen LogP contribution in [0.15, 0.2) is 47.4 Å². The van der Waals surface area contributed by atoms with Crippen LogP contribution in [0.2, 0.25) is 0 Å². The topological polar surface area (TPSA) is 90.2 Å². The average Bonchev–Trinajstić information content (AvgIpc) is 2.63. The maximum Gasteiger partial charge on any atom is 0.240 e. The van der Waals surface area contributed by atoms with Gasteiger partial charge in [0, 0.05) is 11.6 Å². The summed E-state index contributed by atoms with van der Waals surface area (Å²) >= 11 is 0. The predicted octanol–water partition coefficient (Wildman–Crippen LogP) is 3.34. The van der Waals surface area contributed by atoms with Crippen LogP contribution >= 0.6 is 0 Å². The monoisotopic (exact) mass is 388 g/mol. The number of hydrogen-bond donors (Lipinski definition) is 2. The summed E-state index contributed by atoms with van der Waals surface area (Å²) in [5.74, 6) is -0.644. The third-order valence-electron chi connectivity index (χ3n) is 4.96. The maximum atomic E-state index is 14.5. The van der Waals surface area contributed by atoms with Gasteiger partial charge in [-0.25, -0.2) is 17.5 Å². The van der Waals surface area contributed by atoms with E-state index in [-0.39, 0.29) is 16.5 Å². The molecular formula is C20H21FN2O3S. The minimum absolute atomic E-state index is 0.130. The van der Waals surface area contributed by atoms with Crippen LogP contribution in [0.5, 0.6) is 0 Å². The second-order valence-electron chi connectivity index (χ2n) is 7.22. The quantitative estimate of drug-likeness (QED) is 0.841. The Morgan fingerprint density at radius 2 is 1.81 bits per heavy atom. The molecule has 0 unspecified atom stereocenters. The van der Waals surface area contributed by atoms with E-state index in [1.54, 1.807) is 31.2 Å². The first-order chi connectivity index (χ1) is 12.7. The molecule has 0 bridgehead atoms. The van der Waals surface area contributed by atoms with Gasteiger partial charge in [0.25, 0.3) is 0 Å². The molecule has 0 heterocycles. The number of sulfonamides is 1. The van der Waals surface area contributed by atoms with Crippen molar-refractivity contribution in [1.29, 1.82) is 5.26 Å². The van der Waals surface area contributed by atoms with Gasteiger partial charge in [0.2, 0.25) is 10.0 Å². The summed E-state index contributed by atoms with van der Waals surface area (Å²) in [6, 6.07) is 11.9. The van der Waals surface area contributed by atoms with E-state index >= 15 is 0 Å². The molecule has 1 aliphatic carbocycles. The van der Waals surface area contributed by atoms with Crippen LogP contribution in [0.1, 0.15) is 38.2 Å². The molecule has 0 atom stereocenters. The van der Waals surface area contributed by atoms with Crippen LogP contribution in [-0.2, 0) is 10.0 Å². The molecule has 27 heavy (non-hydrogen) atoms. The van der Waals surface area contributed by atoms with Gasteiger partial charge in [-0.3, -0.25) is 0 Å². The summed E-state index contributed by atoms with van der Waals surface area (Å²) in [7, 11) is -3.84. The summed E-state index contributed by atoms with van der Waals surface area (Å²) < 4.78 is 42.3. The Hall–Kier alpha value is -2.27. The van der Waals surface area contributed by atoms with Crippen LogP contribution in [0.4, 0.5) is 4.39 Å². The highest BCUT2D eigenvalue weighted by atomic mass is 32.2. The first kappa shape index (κ1) is 19.5. The first-order valence-electron chi connectivity index (χ1n) is 8.75. The Morgan fingerprint density at radius 3 is 2.37 bits per heavy atom. The van der Waals surface area contributed by atoms with Crippen molar-refractivity contribution < 1.29 is 17.9 Å². The predicted molar refractivity (Wildman–Crippen MR) is 99.8 cm³/mol. The van der Waals surface area contributed by atoms with Gasteiger partial charge < -0.3 is 5.11 Å². The minimum Gasteiger partial charge on any atom is -0.390 e. The smallest absolute Gasteiger partial charge is 0.240 e. The van der Waals surface area contributed by atoms with E-state index in [2.05, 4.69) is 4.72 Å². The molecule has 0 saturated heterocycles. The molecule has 1 saturated carbocycles. The second-order valence-corrected chi connectivity index (χ2v) is 8.94. The van der Waals surface area contributed by atoms with Gasteiger partial charge in [-0.1, -0.05) is 18.2 Å². The highest BCUT2D eigenvalue weighted by molar-refractivity contribution is 7.89. The molecule has 0 radical (unpaired) electrons. The number of nitrogens with one attached hydrogen (secondary N) is 1. The van der Waals surface area contributed by atoms with Crippen molar-refractivity contribution in [3.8, 4) is 17.2 Å². The zero-order valence-electron chi connectivity index (χ0n) is 14.9. The molecular weight excluding hydrogens is 367 g/mol. The average molecular weight is 388 g/mol. The van der Waals surface area contributed by atoms with Crippen molar-refractivity contribution >= 4 is 10.0 Å². The molecule has 1 fully saturated rings. The Morgan fingerprint density at radius 1 is 1.19 bits per heavy atom. The number of halogens is 1. The van der Waals surface area contributed by atoms with Gasteiger partial charge in [-0.05, 0) is 62.4 Å². The fraction of sp³-hybridized carbons (Fsp3) is 0.350. The molecule has 5 nitrogen and oxygen atoms in total. The Labute approximate surface area is 158 Å². The number of hydrogen-bond acceptors (Lipinski definition) is 4. The third kappa shape index (κ3) is 4.53. The van der Waals surface area contributed by atoms with Gasteiger partial charge >= 0.3 is 0 Å². The largest absolute Gasteiger partial charge is 0.390 e. The Kier molecular flexibility index (Phi) is 5.33. The van der Waals surface area contributed by atoms with Crippen LogP contribution < -0.4 is 4.72 Å². The third-order valence-corrected chi connectivity index (χ3v) is 6.48. The zero-order chi connectivity index (χ0) is 19.7. The molecule has 1 aliphatic rings. The molecule has 7 heteroatoms.